The number of nitrogens with one attached hydrogen (secondary N) is 1. The van der Waals surface area contributed by atoms with Crippen LogP contribution in [0.5, 0.6) is 5.75 Å². The monoisotopic (exact) mass is 349 g/mol. The predicted octanol–water partition coefficient (Wildman–Crippen LogP) is 2.56. The molecule has 6 nitrogen and oxygen atoms in total. The molecule has 3 aromatic rings. The third-order valence-corrected chi connectivity index (χ3v) is 5.76. The van der Waals surface area contributed by atoms with Crippen LogP contribution >= 0.6 is 11.3 Å². The number of hydrogen-bond acceptors (Lipinski definition) is 6. The van der Waals surface area contributed by atoms with Gasteiger partial charge < -0.3 is 10.1 Å². The molecule has 0 radical (unpaired) electrons. The third-order valence-electron chi connectivity index (χ3n) is 3.40. The lowest BCUT2D eigenvalue weighted by Crippen LogP contribution is -2.09. The van der Waals surface area contributed by atoms with E-state index in [4.69, 9.17) is 9.88 Å². The normalized spacial score (nSPS) is 11.6. The number of hydrogen-bond donors (Lipinski definition) is 2. The predicted molar refractivity (Wildman–Crippen MR) is 91.3 cm³/mol. The van der Waals surface area contributed by atoms with Crippen LogP contribution in [-0.2, 0) is 16.6 Å². The third kappa shape index (κ3) is 3.29. The van der Waals surface area contributed by atoms with Crippen LogP contribution in [-0.4, -0.2) is 20.5 Å². The second kappa shape index (κ2) is 6.15. The van der Waals surface area contributed by atoms with Crippen LogP contribution in [0.2, 0.25) is 0 Å². The van der Waals surface area contributed by atoms with Crippen molar-refractivity contribution in [2.75, 3.05) is 12.4 Å². The quantitative estimate of drug-likeness (QED) is 0.738. The summed E-state index contributed by atoms with van der Waals surface area (Å²) in [6.45, 7) is 0.460. The van der Waals surface area contributed by atoms with E-state index in [0.29, 0.717) is 11.7 Å². The topological polar surface area (TPSA) is 94.3 Å². The van der Waals surface area contributed by atoms with Gasteiger partial charge in [0.2, 0.25) is 10.0 Å². The van der Waals surface area contributed by atoms with Crippen molar-refractivity contribution >= 4 is 37.3 Å². The highest BCUT2D eigenvalue weighted by Crippen LogP contribution is 2.29. The molecule has 3 rings (SSSR count). The average Bonchev–Trinajstić information content (AvgIpc) is 3.01. The maximum absolute atomic E-state index is 11.3. The van der Waals surface area contributed by atoms with Gasteiger partial charge in [-0.05, 0) is 16.8 Å². The summed E-state index contributed by atoms with van der Waals surface area (Å²) in [6, 6.07) is 11.9. The molecule has 0 unspecified atom stereocenters. The van der Waals surface area contributed by atoms with E-state index in [1.165, 1.54) is 6.20 Å². The lowest BCUT2D eigenvalue weighted by atomic mass is 10.0. The van der Waals surface area contributed by atoms with Crippen molar-refractivity contribution in [1.29, 1.82) is 0 Å². The lowest BCUT2D eigenvalue weighted by Gasteiger charge is -2.12. The largest absolute Gasteiger partial charge is 0.496 e. The second-order valence-electron chi connectivity index (χ2n) is 4.85. The first-order chi connectivity index (χ1) is 11.0. The van der Waals surface area contributed by atoms with Gasteiger partial charge in [0, 0.05) is 12.1 Å². The zero-order chi connectivity index (χ0) is 16.4. The van der Waals surface area contributed by atoms with Gasteiger partial charge in [0.1, 0.15) is 5.75 Å². The van der Waals surface area contributed by atoms with Gasteiger partial charge in [-0.25, -0.2) is 18.5 Å². The highest BCUT2D eigenvalue weighted by molar-refractivity contribution is 7.91. The molecular formula is C15H15N3O3S2. The van der Waals surface area contributed by atoms with Crippen molar-refractivity contribution in [2.45, 2.75) is 10.8 Å². The molecule has 0 aliphatic rings. The number of anilines is 1. The Kier molecular flexibility index (Phi) is 4.20. The summed E-state index contributed by atoms with van der Waals surface area (Å²) in [5, 5.41) is 10.9. The van der Waals surface area contributed by atoms with Gasteiger partial charge in [-0.15, -0.1) is 0 Å². The van der Waals surface area contributed by atoms with Gasteiger partial charge in [-0.3, -0.25) is 0 Å². The van der Waals surface area contributed by atoms with Gasteiger partial charge >= 0.3 is 0 Å². The molecule has 0 spiro atoms. The van der Waals surface area contributed by atoms with E-state index in [1.807, 2.05) is 36.4 Å². The van der Waals surface area contributed by atoms with E-state index in [9.17, 15) is 8.42 Å². The van der Waals surface area contributed by atoms with E-state index in [-0.39, 0.29) is 4.21 Å². The van der Waals surface area contributed by atoms with Crippen molar-refractivity contribution in [3.05, 3.63) is 48.2 Å². The highest BCUT2D eigenvalue weighted by atomic mass is 32.2. The average molecular weight is 349 g/mol. The molecule has 0 aliphatic carbocycles. The molecule has 120 valence electrons. The lowest BCUT2D eigenvalue weighted by molar-refractivity contribution is 0.411. The van der Waals surface area contributed by atoms with Gasteiger partial charge in [0.15, 0.2) is 9.34 Å². The molecule has 0 saturated heterocycles. The maximum atomic E-state index is 11.3. The van der Waals surface area contributed by atoms with E-state index in [2.05, 4.69) is 10.3 Å². The molecule has 0 saturated carbocycles. The van der Waals surface area contributed by atoms with Crippen LogP contribution in [0.4, 0.5) is 5.13 Å². The SMILES string of the molecule is COc1ccc2ccccc2c1CNc1ncc(S(N)(=O)=O)s1. The number of aromatic nitrogens is 1. The Morgan fingerprint density at radius 2 is 2.04 bits per heavy atom. The van der Waals surface area contributed by atoms with Crippen LogP contribution < -0.4 is 15.2 Å². The van der Waals surface area contributed by atoms with Crippen molar-refractivity contribution in [3.63, 3.8) is 0 Å². The number of methoxy groups -OCH3 is 1. The minimum Gasteiger partial charge on any atom is -0.496 e. The number of nitrogens with zero attached hydrogens (tertiary/aromatic N) is 1. The van der Waals surface area contributed by atoms with Crippen LogP contribution in [0.3, 0.4) is 0 Å². The van der Waals surface area contributed by atoms with E-state index >= 15 is 0 Å². The number of fused-ring (bicyclic) bond motifs is 1. The standard InChI is InChI=1S/C15H15N3O3S2/c1-21-13-7-6-10-4-2-3-5-11(10)12(13)8-17-15-18-9-14(22-15)23(16,19)20/h2-7,9H,8H2,1H3,(H,17,18)(H2,16,19,20). The fourth-order valence-electron chi connectivity index (χ4n) is 2.33. The van der Waals surface area contributed by atoms with Crippen LogP contribution in [0, 0.1) is 0 Å². The molecule has 8 heteroatoms. The number of primary sulfonamides is 1. The first-order valence-corrected chi connectivity index (χ1v) is 9.12. The zero-order valence-corrected chi connectivity index (χ0v) is 13.9. The van der Waals surface area contributed by atoms with Crippen LogP contribution in [0.1, 0.15) is 5.56 Å². The smallest absolute Gasteiger partial charge is 0.249 e. The molecule has 23 heavy (non-hydrogen) atoms. The summed E-state index contributed by atoms with van der Waals surface area (Å²) in [5.74, 6) is 0.763. The molecule has 0 atom stereocenters. The van der Waals surface area contributed by atoms with Crippen molar-refractivity contribution in [3.8, 4) is 5.75 Å². The number of nitrogens with two attached hydrogens (primary N) is 1. The van der Waals surface area contributed by atoms with Crippen molar-refractivity contribution in [1.82, 2.24) is 4.98 Å². The molecule has 0 bridgehead atoms. The van der Waals surface area contributed by atoms with Gasteiger partial charge in [-0.2, -0.15) is 0 Å². The molecule has 3 N–H and O–H groups in total. The molecule has 1 aromatic heterocycles. The Morgan fingerprint density at radius 1 is 1.26 bits per heavy atom. The minimum atomic E-state index is -3.72. The maximum Gasteiger partial charge on any atom is 0.249 e. The van der Waals surface area contributed by atoms with Crippen LogP contribution in [0.25, 0.3) is 10.8 Å². The van der Waals surface area contributed by atoms with E-state index in [0.717, 1.165) is 33.4 Å². The first kappa shape index (κ1) is 15.7. The Labute approximate surface area is 138 Å². The van der Waals surface area contributed by atoms with Crippen LogP contribution in [0.15, 0.2) is 46.8 Å². The zero-order valence-electron chi connectivity index (χ0n) is 12.3. The van der Waals surface area contributed by atoms with Gasteiger partial charge in [0.05, 0.1) is 13.3 Å². The van der Waals surface area contributed by atoms with Gasteiger partial charge in [-0.1, -0.05) is 41.7 Å². The summed E-state index contributed by atoms with van der Waals surface area (Å²) in [6.07, 6.45) is 1.25. The summed E-state index contributed by atoms with van der Waals surface area (Å²) >= 11 is 1.00. The van der Waals surface area contributed by atoms with E-state index in [1.54, 1.807) is 7.11 Å². The molecule has 1 heterocycles. The minimum absolute atomic E-state index is 0.0323. The van der Waals surface area contributed by atoms with Crippen molar-refractivity contribution < 1.29 is 13.2 Å². The summed E-state index contributed by atoms with van der Waals surface area (Å²) in [4.78, 5) is 4.04. The Balaban J connectivity index is 1.91. The fraction of sp³-hybridized carbons (Fsp3) is 0.133. The number of rotatable bonds is 5. The highest BCUT2D eigenvalue weighted by Gasteiger charge is 2.13. The molecule has 2 aromatic carbocycles. The molecule has 0 amide bonds. The van der Waals surface area contributed by atoms with E-state index < -0.39 is 10.0 Å². The van der Waals surface area contributed by atoms with Gasteiger partial charge in [0.25, 0.3) is 0 Å². The molecule has 0 aliphatic heterocycles. The van der Waals surface area contributed by atoms with Crippen molar-refractivity contribution in [2.24, 2.45) is 5.14 Å². The Morgan fingerprint density at radius 3 is 2.74 bits per heavy atom. The summed E-state index contributed by atoms with van der Waals surface area (Å²) in [7, 11) is -2.10. The Hall–Kier alpha value is -2.16. The Bertz CT molecular complexity index is 952. The molecule has 0 fully saturated rings. The summed E-state index contributed by atoms with van der Waals surface area (Å²) < 4.78 is 28.1. The number of benzene rings is 2. The number of ether oxygens (including phenoxy) is 1. The molecular weight excluding hydrogens is 334 g/mol. The number of thiazole rings is 1. The fourth-order valence-corrected chi connectivity index (χ4v) is 3.77. The first-order valence-electron chi connectivity index (χ1n) is 6.76. The number of sulfonamides is 1. The second-order valence-corrected chi connectivity index (χ2v) is 7.67. The summed E-state index contributed by atoms with van der Waals surface area (Å²) in [5.41, 5.74) is 0.984.